The van der Waals surface area contributed by atoms with Crippen molar-refractivity contribution in [3.05, 3.63) is 11.4 Å². The maximum Gasteiger partial charge on any atom is 0.390 e. The van der Waals surface area contributed by atoms with Crippen molar-refractivity contribution in [1.29, 1.82) is 0 Å². The number of hydrogen-bond acceptors (Lipinski definition) is 4. The first-order chi connectivity index (χ1) is 9.31. The zero-order chi connectivity index (χ0) is 14.9. The Balaban J connectivity index is 2.22. The molecule has 2 rings (SSSR count). The van der Waals surface area contributed by atoms with Gasteiger partial charge >= 0.3 is 6.18 Å². The summed E-state index contributed by atoms with van der Waals surface area (Å²) in [5.74, 6) is 2.36. The van der Waals surface area contributed by atoms with Gasteiger partial charge in [0.1, 0.15) is 17.5 Å². The molecule has 4 nitrogen and oxygen atoms in total. The molecule has 0 atom stereocenters. The third-order valence-corrected chi connectivity index (χ3v) is 3.41. The summed E-state index contributed by atoms with van der Waals surface area (Å²) in [6.07, 6.45) is -2.89. The van der Waals surface area contributed by atoms with Gasteiger partial charge in [-0.1, -0.05) is 0 Å². The molecule has 1 aliphatic carbocycles. The predicted octanol–water partition coefficient (Wildman–Crippen LogP) is 3.09. The molecular weight excluding hydrogens is 269 g/mol. The highest BCUT2D eigenvalue weighted by molar-refractivity contribution is 5.58. The van der Waals surface area contributed by atoms with Gasteiger partial charge in [-0.15, -0.1) is 0 Å². The van der Waals surface area contributed by atoms with Crippen LogP contribution in [0.5, 0.6) is 0 Å². The molecule has 0 bridgehead atoms. The van der Waals surface area contributed by atoms with Gasteiger partial charge in [0, 0.05) is 32.1 Å². The van der Waals surface area contributed by atoms with Gasteiger partial charge in [0.25, 0.3) is 0 Å². The maximum absolute atomic E-state index is 12.3. The van der Waals surface area contributed by atoms with E-state index < -0.39 is 12.6 Å². The Hall–Kier alpha value is -1.53. The normalized spacial score (nSPS) is 15.3. The van der Waals surface area contributed by atoms with Crippen LogP contribution >= 0.6 is 0 Å². The smallest absolute Gasteiger partial charge is 0.373 e. The van der Waals surface area contributed by atoms with Crippen molar-refractivity contribution >= 4 is 11.6 Å². The van der Waals surface area contributed by atoms with E-state index in [4.69, 9.17) is 0 Å². The monoisotopic (exact) mass is 288 g/mol. The fourth-order valence-electron chi connectivity index (χ4n) is 2.06. The van der Waals surface area contributed by atoms with E-state index in [2.05, 4.69) is 15.3 Å². The number of halogens is 3. The molecule has 0 aliphatic heterocycles. The van der Waals surface area contributed by atoms with Crippen LogP contribution in [0.2, 0.25) is 0 Å². The summed E-state index contributed by atoms with van der Waals surface area (Å²) in [7, 11) is 3.39. The van der Waals surface area contributed by atoms with Crippen LogP contribution in [-0.2, 0) is 0 Å². The Kier molecular flexibility index (Phi) is 4.06. The lowest BCUT2D eigenvalue weighted by Gasteiger charge is -2.22. The number of anilines is 2. The lowest BCUT2D eigenvalue weighted by Crippen LogP contribution is -2.26. The molecule has 112 valence electrons. The van der Waals surface area contributed by atoms with Crippen LogP contribution < -0.4 is 10.2 Å². The van der Waals surface area contributed by atoms with Crippen LogP contribution in [0.4, 0.5) is 24.8 Å². The van der Waals surface area contributed by atoms with Gasteiger partial charge in [-0.05, 0) is 19.8 Å². The minimum atomic E-state index is -4.15. The summed E-state index contributed by atoms with van der Waals surface area (Å²) >= 11 is 0. The predicted molar refractivity (Wildman–Crippen MR) is 72.2 cm³/mol. The Bertz CT molecular complexity index is 483. The zero-order valence-electron chi connectivity index (χ0n) is 11.9. The Morgan fingerprint density at radius 2 is 1.95 bits per heavy atom. The highest BCUT2D eigenvalue weighted by atomic mass is 19.4. The molecule has 0 radical (unpaired) electrons. The van der Waals surface area contributed by atoms with Crippen molar-refractivity contribution in [3.63, 3.8) is 0 Å². The third kappa shape index (κ3) is 3.52. The van der Waals surface area contributed by atoms with Gasteiger partial charge in [0.15, 0.2) is 0 Å². The van der Waals surface area contributed by atoms with Gasteiger partial charge in [-0.25, -0.2) is 9.97 Å². The standard InChI is InChI=1S/C13H19F3N4/c1-8-10(17-2)18-11(9-4-5-9)19-12(8)20(3)7-6-13(14,15)16/h9H,4-7H2,1-3H3,(H,17,18,19). The molecule has 1 heterocycles. The molecule has 1 saturated carbocycles. The van der Waals surface area contributed by atoms with Crippen LogP contribution in [-0.4, -0.2) is 36.8 Å². The molecule has 0 saturated heterocycles. The van der Waals surface area contributed by atoms with Crippen LogP contribution in [0.25, 0.3) is 0 Å². The van der Waals surface area contributed by atoms with Gasteiger partial charge in [-0.2, -0.15) is 13.2 Å². The average Bonchev–Trinajstić information content (AvgIpc) is 3.19. The van der Waals surface area contributed by atoms with E-state index >= 15 is 0 Å². The number of alkyl halides is 3. The maximum atomic E-state index is 12.3. The molecule has 7 heteroatoms. The highest BCUT2D eigenvalue weighted by Crippen LogP contribution is 2.40. The fraction of sp³-hybridized carbons (Fsp3) is 0.692. The second-order valence-electron chi connectivity index (χ2n) is 5.19. The summed E-state index contributed by atoms with van der Waals surface area (Å²) in [4.78, 5) is 10.4. The Morgan fingerprint density at radius 3 is 2.45 bits per heavy atom. The van der Waals surface area contributed by atoms with Crippen molar-refractivity contribution in [1.82, 2.24) is 9.97 Å². The number of nitrogens with one attached hydrogen (secondary N) is 1. The number of hydrogen-bond donors (Lipinski definition) is 1. The summed E-state index contributed by atoms with van der Waals surface area (Å²) < 4.78 is 37.0. The van der Waals surface area contributed by atoms with E-state index in [0.29, 0.717) is 17.6 Å². The molecule has 0 amide bonds. The molecule has 1 aromatic rings. The van der Waals surface area contributed by atoms with E-state index in [1.54, 1.807) is 19.0 Å². The molecule has 1 fully saturated rings. The lowest BCUT2D eigenvalue weighted by molar-refractivity contribution is -0.132. The minimum Gasteiger partial charge on any atom is -0.373 e. The van der Waals surface area contributed by atoms with E-state index in [1.807, 2.05) is 6.92 Å². The molecule has 0 unspecified atom stereocenters. The molecule has 1 aromatic heterocycles. The zero-order valence-corrected chi connectivity index (χ0v) is 11.9. The summed E-state index contributed by atoms with van der Waals surface area (Å²) in [6.45, 7) is 1.72. The van der Waals surface area contributed by atoms with Crippen LogP contribution in [0.3, 0.4) is 0 Å². The quantitative estimate of drug-likeness (QED) is 0.904. The van der Waals surface area contributed by atoms with Gasteiger partial charge in [-0.3, -0.25) is 0 Å². The van der Waals surface area contributed by atoms with Crippen molar-refractivity contribution in [2.45, 2.75) is 38.3 Å². The summed E-state index contributed by atoms with van der Waals surface area (Å²) in [5.41, 5.74) is 0.779. The van der Waals surface area contributed by atoms with Crippen molar-refractivity contribution in [2.75, 3.05) is 30.9 Å². The van der Waals surface area contributed by atoms with Crippen molar-refractivity contribution < 1.29 is 13.2 Å². The Labute approximate surface area is 116 Å². The molecule has 1 N–H and O–H groups in total. The first-order valence-electron chi connectivity index (χ1n) is 6.66. The molecule has 1 aliphatic rings. The average molecular weight is 288 g/mol. The first kappa shape index (κ1) is 14.9. The molecule has 20 heavy (non-hydrogen) atoms. The fourth-order valence-corrected chi connectivity index (χ4v) is 2.06. The largest absolute Gasteiger partial charge is 0.390 e. The van der Waals surface area contributed by atoms with Gasteiger partial charge < -0.3 is 10.2 Å². The van der Waals surface area contributed by atoms with E-state index in [1.165, 1.54) is 0 Å². The van der Waals surface area contributed by atoms with Crippen LogP contribution in [0, 0.1) is 6.92 Å². The van der Waals surface area contributed by atoms with Crippen LogP contribution in [0.15, 0.2) is 0 Å². The van der Waals surface area contributed by atoms with Crippen LogP contribution in [0.1, 0.15) is 36.6 Å². The molecule has 0 spiro atoms. The SMILES string of the molecule is CNc1nc(C2CC2)nc(N(C)CCC(F)(F)F)c1C. The van der Waals surface area contributed by atoms with Gasteiger partial charge in [0.2, 0.25) is 0 Å². The molecular formula is C13H19F3N4. The van der Waals surface area contributed by atoms with Crippen molar-refractivity contribution in [3.8, 4) is 0 Å². The number of aromatic nitrogens is 2. The number of rotatable bonds is 5. The van der Waals surface area contributed by atoms with Crippen molar-refractivity contribution in [2.24, 2.45) is 0 Å². The first-order valence-corrected chi connectivity index (χ1v) is 6.66. The molecule has 0 aromatic carbocycles. The summed E-state index contributed by atoms with van der Waals surface area (Å²) in [5, 5.41) is 2.99. The Morgan fingerprint density at radius 1 is 1.30 bits per heavy atom. The van der Waals surface area contributed by atoms with E-state index in [-0.39, 0.29) is 6.54 Å². The van der Waals surface area contributed by atoms with Gasteiger partial charge in [0.05, 0.1) is 6.42 Å². The second-order valence-corrected chi connectivity index (χ2v) is 5.19. The topological polar surface area (TPSA) is 41.1 Å². The minimum absolute atomic E-state index is 0.103. The second kappa shape index (κ2) is 5.46. The van der Waals surface area contributed by atoms with E-state index in [0.717, 1.165) is 24.2 Å². The highest BCUT2D eigenvalue weighted by Gasteiger charge is 2.30. The third-order valence-electron chi connectivity index (χ3n) is 3.41. The lowest BCUT2D eigenvalue weighted by atomic mass is 10.2. The summed E-state index contributed by atoms with van der Waals surface area (Å²) in [6, 6.07) is 0. The van der Waals surface area contributed by atoms with E-state index in [9.17, 15) is 13.2 Å². The number of nitrogens with zero attached hydrogens (tertiary/aromatic N) is 3.